The molecule has 2 heterocycles. The van der Waals surface area contributed by atoms with Gasteiger partial charge in [-0.1, -0.05) is 11.8 Å². The van der Waals surface area contributed by atoms with Crippen molar-refractivity contribution in [3.05, 3.63) is 53.0 Å². The maximum absolute atomic E-state index is 11.7. The Morgan fingerprint density at radius 3 is 2.61 bits per heavy atom. The zero-order valence-corrected chi connectivity index (χ0v) is 16.7. The second-order valence-electron chi connectivity index (χ2n) is 6.08. The summed E-state index contributed by atoms with van der Waals surface area (Å²) >= 11 is 1.34. The first-order chi connectivity index (χ1) is 13.4. The van der Waals surface area contributed by atoms with Crippen LogP contribution in [0.5, 0.6) is 5.75 Å². The SMILES string of the molecule is COc1ccc(-c2nnc(C(C)Sc3nc(C)c(C(C)=O)cc3C#N)o2)cc1. The first kappa shape index (κ1) is 19.6. The van der Waals surface area contributed by atoms with Crippen molar-refractivity contribution < 1.29 is 13.9 Å². The third kappa shape index (κ3) is 4.05. The first-order valence-electron chi connectivity index (χ1n) is 8.50. The Balaban J connectivity index is 1.83. The summed E-state index contributed by atoms with van der Waals surface area (Å²) in [5.41, 5.74) is 2.18. The summed E-state index contributed by atoms with van der Waals surface area (Å²) < 4.78 is 10.9. The van der Waals surface area contributed by atoms with Gasteiger partial charge in [-0.2, -0.15) is 5.26 Å². The molecule has 0 radical (unpaired) electrons. The highest BCUT2D eigenvalue weighted by Gasteiger charge is 2.20. The third-order valence-electron chi connectivity index (χ3n) is 4.09. The molecule has 0 aliphatic heterocycles. The van der Waals surface area contributed by atoms with E-state index in [-0.39, 0.29) is 11.0 Å². The van der Waals surface area contributed by atoms with E-state index in [1.807, 2.05) is 31.2 Å². The van der Waals surface area contributed by atoms with Crippen LogP contribution in [0.2, 0.25) is 0 Å². The Labute approximate surface area is 166 Å². The Bertz CT molecular complexity index is 1050. The maximum atomic E-state index is 11.7. The molecule has 3 aromatic rings. The van der Waals surface area contributed by atoms with Gasteiger partial charge in [0.15, 0.2) is 5.78 Å². The van der Waals surface area contributed by atoms with Crippen LogP contribution in [0.3, 0.4) is 0 Å². The predicted molar refractivity (Wildman–Crippen MR) is 104 cm³/mol. The number of thioether (sulfide) groups is 1. The van der Waals surface area contributed by atoms with E-state index >= 15 is 0 Å². The number of carbonyl (C=O) groups is 1. The average molecular weight is 394 g/mol. The smallest absolute Gasteiger partial charge is 0.247 e. The summed E-state index contributed by atoms with van der Waals surface area (Å²) in [4.78, 5) is 16.1. The average Bonchev–Trinajstić information content (AvgIpc) is 3.18. The molecule has 7 nitrogen and oxygen atoms in total. The quantitative estimate of drug-likeness (QED) is 0.448. The summed E-state index contributed by atoms with van der Waals surface area (Å²) in [6.45, 7) is 5.11. The highest BCUT2D eigenvalue weighted by molar-refractivity contribution is 7.99. The van der Waals surface area contributed by atoms with Crippen LogP contribution in [0.15, 0.2) is 39.8 Å². The van der Waals surface area contributed by atoms with Gasteiger partial charge in [0.25, 0.3) is 0 Å². The zero-order chi connectivity index (χ0) is 20.3. The lowest BCUT2D eigenvalue weighted by atomic mass is 10.1. The second kappa shape index (κ2) is 8.23. The monoisotopic (exact) mass is 394 g/mol. The fourth-order valence-electron chi connectivity index (χ4n) is 2.58. The number of methoxy groups -OCH3 is 1. The van der Waals surface area contributed by atoms with Crippen molar-refractivity contribution in [3.8, 4) is 23.3 Å². The van der Waals surface area contributed by atoms with E-state index in [4.69, 9.17) is 9.15 Å². The summed E-state index contributed by atoms with van der Waals surface area (Å²) in [6, 6.07) is 11.0. The standard InChI is InChI=1S/C20H18N4O3S/c1-11-17(12(2)25)9-15(10-21)20(22-11)28-13(3)18-23-24-19(27-18)14-5-7-16(26-4)8-6-14/h5-9,13H,1-4H3. The van der Waals surface area contributed by atoms with Crippen LogP contribution < -0.4 is 4.74 Å². The topological polar surface area (TPSA) is 102 Å². The molecule has 3 rings (SSSR count). The van der Waals surface area contributed by atoms with E-state index in [2.05, 4.69) is 21.3 Å². The molecule has 8 heteroatoms. The molecule has 28 heavy (non-hydrogen) atoms. The largest absolute Gasteiger partial charge is 0.497 e. The van der Waals surface area contributed by atoms with E-state index < -0.39 is 0 Å². The van der Waals surface area contributed by atoms with Gasteiger partial charge in [0.05, 0.1) is 17.9 Å². The zero-order valence-electron chi connectivity index (χ0n) is 15.9. The fraction of sp³-hybridized carbons (Fsp3) is 0.250. The number of hydrogen-bond donors (Lipinski definition) is 0. The fourth-order valence-corrected chi connectivity index (χ4v) is 3.53. The summed E-state index contributed by atoms with van der Waals surface area (Å²) in [7, 11) is 1.60. The molecule has 0 spiro atoms. The minimum atomic E-state index is -0.221. The van der Waals surface area contributed by atoms with Crippen molar-refractivity contribution in [2.75, 3.05) is 7.11 Å². The van der Waals surface area contributed by atoms with Gasteiger partial charge in [-0.05, 0) is 51.1 Å². The molecule has 1 atom stereocenters. The lowest BCUT2D eigenvalue weighted by Gasteiger charge is -2.10. The van der Waals surface area contributed by atoms with Crippen LogP contribution >= 0.6 is 11.8 Å². The number of pyridine rings is 1. The number of nitriles is 1. The molecule has 0 bridgehead atoms. The van der Waals surface area contributed by atoms with E-state index in [0.717, 1.165) is 11.3 Å². The van der Waals surface area contributed by atoms with Crippen molar-refractivity contribution in [3.63, 3.8) is 0 Å². The van der Waals surface area contributed by atoms with E-state index in [0.29, 0.717) is 33.6 Å². The minimum absolute atomic E-state index is 0.118. The highest BCUT2D eigenvalue weighted by atomic mass is 32.2. The lowest BCUT2D eigenvalue weighted by Crippen LogP contribution is -2.03. The van der Waals surface area contributed by atoms with Crippen molar-refractivity contribution >= 4 is 17.5 Å². The lowest BCUT2D eigenvalue weighted by molar-refractivity contribution is 0.101. The minimum Gasteiger partial charge on any atom is -0.497 e. The third-order valence-corrected chi connectivity index (χ3v) is 5.18. The number of hydrogen-bond acceptors (Lipinski definition) is 8. The number of ether oxygens (including phenoxy) is 1. The van der Waals surface area contributed by atoms with Crippen molar-refractivity contribution in [2.45, 2.75) is 31.0 Å². The molecule has 1 unspecified atom stereocenters. The molecule has 0 amide bonds. The Morgan fingerprint density at radius 2 is 2.00 bits per heavy atom. The van der Waals surface area contributed by atoms with Gasteiger partial charge in [-0.25, -0.2) is 4.98 Å². The molecule has 142 valence electrons. The molecular formula is C20H18N4O3S. The highest BCUT2D eigenvalue weighted by Crippen LogP contribution is 2.36. The number of aromatic nitrogens is 3. The number of rotatable bonds is 6. The summed E-state index contributed by atoms with van der Waals surface area (Å²) in [5.74, 6) is 1.45. The molecule has 2 aromatic heterocycles. The molecule has 0 aliphatic carbocycles. The maximum Gasteiger partial charge on any atom is 0.247 e. The molecule has 0 N–H and O–H groups in total. The van der Waals surface area contributed by atoms with Crippen LogP contribution in [-0.2, 0) is 0 Å². The van der Waals surface area contributed by atoms with Gasteiger partial charge in [0, 0.05) is 16.8 Å². The van der Waals surface area contributed by atoms with Gasteiger partial charge >= 0.3 is 0 Å². The van der Waals surface area contributed by atoms with Crippen LogP contribution in [0.4, 0.5) is 0 Å². The van der Waals surface area contributed by atoms with Crippen LogP contribution in [-0.4, -0.2) is 28.1 Å². The number of benzene rings is 1. The van der Waals surface area contributed by atoms with Crippen molar-refractivity contribution in [1.82, 2.24) is 15.2 Å². The Morgan fingerprint density at radius 1 is 1.29 bits per heavy atom. The van der Waals surface area contributed by atoms with Gasteiger partial charge in [-0.3, -0.25) is 4.79 Å². The predicted octanol–water partition coefficient (Wildman–Crippen LogP) is 4.38. The molecule has 0 saturated carbocycles. The van der Waals surface area contributed by atoms with E-state index in [9.17, 15) is 10.1 Å². The normalized spacial score (nSPS) is 11.7. The van der Waals surface area contributed by atoms with E-state index in [1.165, 1.54) is 18.7 Å². The first-order valence-corrected chi connectivity index (χ1v) is 9.38. The van der Waals surface area contributed by atoms with Crippen LogP contribution in [0, 0.1) is 18.3 Å². The van der Waals surface area contributed by atoms with Crippen molar-refractivity contribution in [2.24, 2.45) is 0 Å². The Hall–Kier alpha value is -3.18. The van der Waals surface area contributed by atoms with Gasteiger partial charge in [-0.15, -0.1) is 10.2 Å². The van der Waals surface area contributed by atoms with E-state index in [1.54, 1.807) is 20.1 Å². The molecular weight excluding hydrogens is 376 g/mol. The Kier molecular flexibility index (Phi) is 5.76. The number of ketones is 1. The number of carbonyl (C=O) groups excluding carboxylic acids is 1. The number of aryl methyl sites for hydroxylation is 1. The summed E-state index contributed by atoms with van der Waals surface area (Å²) in [5, 5.41) is 17.9. The van der Waals surface area contributed by atoms with Gasteiger partial charge in [0.2, 0.25) is 11.8 Å². The van der Waals surface area contributed by atoms with Crippen molar-refractivity contribution in [1.29, 1.82) is 5.26 Å². The molecule has 0 saturated heterocycles. The van der Waals surface area contributed by atoms with Crippen LogP contribution in [0.25, 0.3) is 11.5 Å². The molecule has 0 fully saturated rings. The summed E-state index contributed by atoms with van der Waals surface area (Å²) in [6.07, 6.45) is 0. The number of nitrogens with zero attached hydrogens (tertiary/aromatic N) is 4. The van der Waals surface area contributed by atoms with Crippen LogP contribution in [0.1, 0.15) is 46.6 Å². The molecule has 1 aromatic carbocycles. The van der Waals surface area contributed by atoms with Gasteiger partial charge < -0.3 is 9.15 Å². The molecule has 0 aliphatic rings. The number of Topliss-reactive ketones (excluding diaryl/α,β-unsaturated/α-hetero) is 1. The second-order valence-corrected chi connectivity index (χ2v) is 7.41. The van der Waals surface area contributed by atoms with Gasteiger partial charge in [0.1, 0.15) is 16.8 Å².